The Morgan fingerprint density at radius 2 is 0.380 bits per heavy atom. The molecule has 8 rings (SSSR count). The fraction of sp³-hybridized carbons (Fsp3) is 0.409. The first-order chi connectivity index (χ1) is 48.7. The van der Waals surface area contributed by atoms with E-state index in [-0.39, 0.29) is 23.9 Å². The summed E-state index contributed by atoms with van der Waals surface area (Å²) in [5, 5.41) is 0. The molecule has 0 atom stereocenters. The Balaban J connectivity index is 0.000000241. The van der Waals surface area contributed by atoms with Gasteiger partial charge in [-0.3, -0.25) is 19.2 Å². The van der Waals surface area contributed by atoms with E-state index in [4.69, 9.17) is 37.9 Å². The number of rotatable bonds is 40. The second-order valence-electron chi connectivity index (χ2n) is 25.1. The molecule has 0 spiro atoms. The van der Waals surface area contributed by atoms with Gasteiger partial charge >= 0.3 is 23.9 Å². The molecule has 0 N–H and O–H groups in total. The van der Waals surface area contributed by atoms with E-state index >= 15 is 0 Å². The Morgan fingerprint density at radius 1 is 0.210 bits per heavy atom. The lowest BCUT2D eigenvalue weighted by molar-refractivity contribution is -0.145. The highest BCUT2D eigenvalue weighted by Gasteiger charge is 2.08. The minimum atomic E-state index is -0.166. The van der Waals surface area contributed by atoms with Gasteiger partial charge < -0.3 is 37.9 Å². The van der Waals surface area contributed by atoms with Crippen molar-refractivity contribution in [1.82, 2.24) is 0 Å². The summed E-state index contributed by atoms with van der Waals surface area (Å²) in [4.78, 5) is 44.9. The normalized spacial score (nSPS) is 10.5. The predicted octanol–water partition coefficient (Wildman–Crippen LogP) is 22.2. The van der Waals surface area contributed by atoms with E-state index in [1.165, 1.54) is 61.2 Å². The average molecular weight is 1360 g/mol. The van der Waals surface area contributed by atoms with E-state index in [1.807, 2.05) is 88.4 Å². The van der Waals surface area contributed by atoms with Crippen molar-refractivity contribution in [2.24, 2.45) is 0 Å². The monoisotopic (exact) mass is 1360 g/mol. The van der Waals surface area contributed by atoms with Crippen LogP contribution in [0.3, 0.4) is 0 Å². The van der Waals surface area contributed by atoms with Gasteiger partial charge in [-0.05, 0) is 223 Å². The second-order valence-corrected chi connectivity index (χ2v) is 25.1. The lowest BCUT2D eigenvalue weighted by atomic mass is 10.0. The fourth-order valence-electron chi connectivity index (χ4n) is 10.2. The van der Waals surface area contributed by atoms with E-state index < -0.39 is 0 Å². The number of carbonyl (C=O) groups excluding carboxylic acids is 4. The fourth-order valence-corrected chi connectivity index (χ4v) is 10.2. The summed E-state index contributed by atoms with van der Waals surface area (Å²) in [6.07, 6.45) is 17.7. The lowest BCUT2D eigenvalue weighted by Crippen LogP contribution is -2.11. The van der Waals surface area contributed by atoms with Crippen LogP contribution in [0.1, 0.15) is 178 Å². The van der Waals surface area contributed by atoms with Crippen molar-refractivity contribution >= 4 is 23.9 Å². The van der Waals surface area contributed by atoms with Crippen LogP contribution in [0.5, 0.6) is 23.0 Å². The molecule has 0 aliphatic rings. The number of unbranched alkanes of at least 4 members (excludes halogenated alkanes) is 9. The molecule has 12 heteroatoms. The first kappa shape index (κ1) is 81.5. The molecular formula is C88H112O12. The minimum absolute atomic E-state index is 0.0788. The zero-order valence-electron chi connectivity index (χ0n) is 61.2. The summed E-state index contributed by atoms with van der Waals surface area (Å²) in [6.45, 7) is 20.7. The Bertz CT molecular complexity index is 3170. The summed E-state index contributed by atoms with van der Waals surface area (Å²) < 4.78 is 43.5. The van der Waals surface area contributed by atoms with Crippen LogP contribution < -0.4 is 18.9 Å². The minimum Gasteiger partial charge on any atom is -0.494 e. The molecule has 0 unspecified atom stereocenters. The number of ether oxygens (including phenoxy) is 8. The van der Waals surface area contributed by atoms with Crippen LogP contribution in [0, 0.1) is 27.7 Å². The summed E-state index contributed by atoms with van der Waals surface area (Å²) in [6, 6.07) is 66.8. The maximum atomic E-state index is 11.2. The van der Waals surface area contributed by atoms with Gasteiger partial charge in [0, 0.05) is 25.7 Å². The molecular weight excluding hydrogens is 1250 g/mol. The van der Waals surface area contributed by atoms with Gasteiger partial charge in [0.15, 0.2) is 0 Å². The molecule has 536 valence electrons. The van der Waals surface area contributed by atoms with Crippen molar-refractivity contribution in [2.75, 3.05) is 52.9 Å². The van der Waals surface area contributed by atoms with Crippen molar-refractivity contribution in [1.29, 1.82) is 0 Å². The number of aryl methyl sites for hydroxylation is 4. The number of hydrogen-bond donors (Lipinski definition) is 0. The molecule has 0 fully saturated rings. The van der Waals surface area contributed by atoms with Crippen molar-refractivity contribution in [3.63, 3.8) is 0 Å². The van der Waals surface area contributed by atoms with Gasteiger partial charge in [0.2, 0.25) is 0 Å². The van der Waals surface area contributed by atoms with Crippen LogP contribution in [0.15, 0.2) is 194 Å². The topological polar surface area (TPSA) is 142 Å². The van der Waals surface area contributed by atoms with Gasteiger partial charge in [0.05, 0.1) is 39.6 Å². The highest BCUT2D eigenvalue weighted by Crippen LogP contribution is 2.27. The van der Waals surface area contributed by atoms with Crippen molar-refractivity contribution in [3.05, 3.63) is 216 Å². The standard InChI is InChI=1S/3C23H30O3.C19H22O3/c3*1-3-8-23(24)26-18-7-5-4-6-17-25-22-15-13-21(14-16-22)20-11-9-19(2)10-12-20;1-3-4-19(20)22-14-13-21-18-11-9-17(10-12-18)16-7-5-15(2)6-8-16/h3*9-16H,3-8,17-18H2,1-2H3;5-12H,3-4,13-14H2,1-2H3. The molecule has 0 amide bonds. The van der Waals surface area contributed by atoms with Crippen molar-refractivity contribution < 1.29 is 57.1 Å². The molecule has 0 aromatic heterocycles. The van der Waals surface area contributed by atoms with Crippen LogP contribution in [0.4, 0.5) is 0 Å². The summed E-state index contributed by atoms with van der Waals surface area (Å²) in [5.41, 5.74) is 14.7. The molecule has 0 saturated heterocycles. The molecule has 0 heterocycles. The average Bonchev–Trinajstić information content (AvgIpc) is 0.905. The molecule has 0 aliphatic heterocycles. The SMILES string of the molecule is CCCC(=O)OCCCCCCOc1ccc(-c2ccc(C)cc2)cc1.CCCC(=O)OCCCCCCOc1ccc(-c2ccc(C)cc2)cc1.CCCC(=O)OCCCCCCOc1ccc(-c2ccc(C)cc2)cc1.CCCC(=O)OCCOc1ccc(-c2ccc(C)cc2)cc1. The molecule has 0 aliphatic carbocycles. The van der Waals surface area contributed by atoms with Gasteiger partial charge in [0.1, 0.15) is 36.2 Å². The van der Waals surface area contributed by atoms with E-state index in [9.17, 15) is 19.2 Å². The van der Waals surface area contributed by atoms with Crippen LogP contribution in [0.2, 0.25) is 0 Å². The van der Waals surface area contributed by atoms with Gasteiger partial charge in [-0.1, -0.05) is 196 Å². The lowest BCUT2D eigenvalue weighted by Gasteiger charge is -2.08. The Kier molecular flexibility index (Phi) is 40.9. The van der Waals surface area contributed by atoms with Gasteiger partial charge in [0.25, 0.3) is 0 Å². The van der Waals surface area contributed by atoms with Gasteiger partial charge in [-0.25, -0.2) is 0 Å². The molecule has 8 aromatic rings. The van der Waals surface area contributed by atoms with Gasteiger partial charge in [-0.15, -0.1) is 0 Å². The summed E-state index contributed by atoms with van der Waals surface area (Å²) in [5.74, 6) is 3.11. The van der Waals surface area contributed by atoms with Crippen LogP contribution in [0.25, 0.3) is 44.5 Å². The third-order valence-corrected chi connectivity index (χ3v) is 16.1. The van der Waals surface area contributed by atoms with Crippen LogP contribution >= 0.6 is 0 Å². The quantitative estimate of drug-likeness (QED) is 0.0205. The molecule has 0 bridgehead atoms. The first-order valence-corrected chi connectivity index (χ1v) is 36.6. The van der Waals surface area contributed by atoms with E-state index in [0.717, 1.165) is 151 Å². The second kappa shape index (κ2) is 50.2. The molecule has 0 saturated carbocycles. The van der Waals surface area contributed by atoms with Gasteiger partial charge in [-0.2, -0.15) is 0 Å². The highest BCUT2D eigenvalue weighted by molar-refractivity contribution is 5.71. The Labute approximate surface area is 598 Å². The molecule has 100 heavy (non-hydrogen) atoms. The Hall–Kier alpha value is -9.16. The zero-order valence-corrected chi connectivity index (χ0v) is 61.2. The van der Waals surface area contributed by atoms with E-state index in [1.54, 1.807) is 0 Å². The third kappa shape index (κ3) is 35.6. The number of esters is 4. The predicted molar refractivity (Wildman–Crippen MR) is 407 cm³/mol. The largest absolute Gasteiger partial charge is 0.494 e. The Morgan fingerprint density at radius 3 is 0.580 bits per heavy atom. The van der Waals surface area contributed by atoms with E-state index in [0.29, 0.717) is 58.7 Å². The summed E-state index contributed by atoms with van der Waals surface area (Å²) in [7, 11) is 0. The highest BCUT2D eigenvalue weighted by atomic mass is 16.6. The first-order valence-electron chi connectivity index (χ1n) is 36.6. The summed E-state index contributed by atoms with van der Waals surface area (Å²) >= 11 is 0. The number of benzene rings is 8. The van der Waals surface area contributed by atoms with Crippen LogP contribution in [-0.4, -0.2) is 76.7 Å². The van der Waals surface area contributed by atoms with Crippen LogP contribution in [-0.2, 0) is 38.1 Å². The zero-order chi connectivity index (χ0) is 71.6. The molecule has 0 radical (unpaired) electrons. The smallest absolute Gasteiger partial charge is 0.305 e. The number of hydrogen-bond acceptors (Lipinski definition) is 12. The van der Waals surface area contributed by atoms with E-state index in [2.05, 4.69) is 161 Å². The molecule has 12 nitrogen and oxygen atoms in total. The maximum absolute atomic E-state index is 11.2. The van der Waals surface area contributed by atoms with Crippen molar-refractivity contribution in [2.45, 2.75) is 184 Å². The number of carbonyl (C=O) groups is 4. The van der Waals surface area contributed by atoms with Crippen molar-refractivity contribution in [3.8, 4) is 67.5 Å². The maximum Gasteiger partial charge on any atom is 0.305 e. The third-order valence-electron chi connectivity index (χ3n) is 16.1. The molecule has 8 aromatic carbocycles.